The standard InChI is InChI=1S/C23H18F3N3O3/c1-14-2-7-18-15(8-11-27-19(18)12-14)13-28-21(31)29(20(30)22(28)9-10-22)16-3-5-17(6-4-16)32-23(24,25)26/h2-8,11-12H,9-10,13H2,1H3. The van der Waals surface area contributed by atoms with E-state index in [0.29, 0.717) is 12.8 Å². The van der Waals surface area contributed by atoms with Gasteiger partial charge in [-0.3, -0.25) is 9.78 Å². The van der Waals surface area contributed by atoms with Crippen molar-refractivity contribution in [2.45, 2.75) is 38.2 Å². The number of ether oxygens (including phenoxy) is 1. The molecule has 9 heteroatoms. The van der Waals surface area contributed by atoms with Crippen LogP contribution in [-0.4, -0.2) is 33.7 Å². The summed E-state index contributed by atoms with van der Waals surface area (Å²) in [5.41, 5.74) is 2.05. The number of fused-ring (bicyclic) bond motifs is 1. The van der Waals surface area contributed by atoms with Crippen molar-refractivity contribution in [2.24, 2.45) is 0 Å². The number of pyridine rings is 1. The van der Waals surface area contributed by atoms with Gasteiger partial charge in [0.2, 0.25) is 0 Å². The average molecular weight is 441 g/mol. The van der Waals surface area contributed by atoms with Gasteiger partial charge in [-0.05, 0) is 67.3 Å². The molecule has 0 N–H and O–H groups in total. The highest BCUT2D eigenvalue weighted by Crippen LogP contribution is 2.50. The van der Waals surface area contributed by atoms with Gasteiger partial charge in [0.1, 0.15) is 11.3 Å². The molecule has 2 aromatic carbocycles. The molecule has 1 aliphatic carbocycles. The molecule has 164 valence electrons. The Hall–Kier alpha value is -3.62. The maximum Gasteiger partial charge on any atom is 0.573 e. The van der Waals surface area contributed by atoms with E-state index in [-0.39, 0.29) is 18.1 Å². The fourth-order valence-electron chi connectivity index (χ4n) is 4.19. The number of rotatable bonds is 4. The summed E-state index contributed by atoms with van der Waals surface area (Å²) >= 11 is 0. The van der Waals surface area contributed by atoms with Crippen molar-refractivity contribution in [3.8, 4) is 5.75 Å². The molecule has 2 heterocycles. The minimum Gasteiger partial charge on any atom is -0.406 e. The molecule has 2 aliphatic rings. The van der Waals surface area contributed by atoms with Crippen LogP contribution in [0, 0.1) is 6.92 Å². The van der Waals surface area contributed by atoms with E-state index >= 15 is 0 Å². The Balaban J connectivity index is 1.45. The zero-order chi connectivity index (χ0) is 22.7. The van der Waals surface area contributed by atoms with E-state index in [0.717, 1.165) is 39.1 Å². The molecule has 1 saturated carbocycles. The van der Waals surface area contributed by atoms with Gasteiger partial charge in [0, 0.05) is 18.1 Å². The Labute approximate surface area is 181 Å². The lowest BCUT2D eigenvalue weighted by Crippen LogP contribution is -2.36. The lowest BCUT2D eigenvalue weighted by atomic mass is 10.1. The number of imide groups is 1. The maximum atomic E-state index is 13.3. The van der Waals surface area contributed by atoms with Crippen LogP contribution in [0.5, 0.6) is 5.75 Å². The van der Waals surface area contributed by atoms with Crippen molar-refractivity contribution in [1.29, 1.82) is 0 Å². The number of aromatic nitrogens is 1. The number of halogens is 3. The van der Waals surface area contributed by atoms with Crippen LogP contribution in [0.4, 0.5) is 23.7 Å². The van der Waals surface area contributed by atoms with Crippen molar-refractivity contribution in [2.75, 3.05) is 4.90 Å². The second-order valence-electron chi connectivity index (χ2n) is 8.07. The lowest BCUT2D eigenvalue weighted by Gasteiger charge is -2.22. The molecule has 32 heavy (non-hydrogen) atoms. The second kappa shape index (κ2) is 6.94. The van der Waals surface area contributed by atoms with E-state index in [1.54, 1.807) is 11.1 Å². The van der Waals surface area contributed by atoms with Crippen molar-refractivity contribution >= 4 is 28.5 Å². The first-order valence-electron chi connectivity index (χ1n) is 10.0. The smallest absolute Gasteiger partial charge is 0.406 e. The molecule has 1 aliphatic heterocycles. The quantitative estimate of drug-likeness (QED) is 0.538. The van der Waals surface area contributed by atoms with Gasteiger partial charge in [0.05, 0.1) is 11.2 Å². The summed E-state index contributed by atoms with van der Waals surface area (Å²) in [6.45, 7) is 2.21. The zero-order valence-electron chi connectivity index (χ0n) is 17.0. The third kappa shape index (κ3) is 3.34. The monoisotopic (exact) mass is 441 g/mol. The molecule has 0 bridgehead atoms. The van der Waals surface area contributed by atoms with E-state index < -0.39 is 23.7 Å². The van der Waals surface area contributed by atoms with Crippen LogP contribution < -0.4 is 9.64 Å². The Morgan fingerprint density at radius 1 is 1.06 bits per heavy atom. The van der Waals surface area contributed by atoms with Crippen molar-refractivity contribution in [3.63, 3.8) is 0 Å². The highest BCUT2D eigenvalue weighted by molar-refractivity contribution is 6.24. The molecule has 1 aromatic heterocycles. The van der Waals surface area contributed by atoms with E-state index in [1.807, 2.05) is 31.2 Å². The molecule has 0 unspecified atom stereocenters. The van der Waals surface area contributed by atoms with E-state index in [4.69, 9.17) is 0 Å². The molecule has 1 spiro atoms. The molecule has 5 rings (SSSR count). The SMILES string of the molecule is Cc1ccc2c(CN3C(=O)N(c4ccc(OC(F)(F)F)cc4)C(=O)C34CC4)ccnc2c1. The number of hydrogen-bond donors (Lipinski definition) is 0. The van der Waals surface area contributed by atoms with Crippen molar-refractivity contribution in [1.82, 2.24) is 9.88 Å². The van der Waals surface area contributed by atoms with Gasteiger partial charge in [-0.1, -0.05) is 12.1 Å². The van der Waals surface area contributed by atoms with Crippen molar-refractivity contribution in [3.05, 3.63) is 65.9 Å². The largest absolute Gasteiger partial charge is 0.573 e. The van der Waals surface area contributed by atoms with Crippen LogP contribution >= 0.6 is 0 Å². The Bertz CT molecular complexity index is 1240. The molecule has 1 saturated heterocycles. The third-order valence-corrected chi connectivity index (χ3v) is 5.91. The number of carbonyl (C=O) groups is 2. The molecule has 3 amide bonds. The summed E-state index contributed by atoms with van der Waals surface area (Å²) in [7, 11) is 0. The van der Waals surface area contributed by atoms with Crippen molar-refractivity contribution < 1.29 is 27.5 Å². The number of urea groups is 1. The normalized spacial score (nSPS) is 17.5. The van der Waals surface area contributed by atoms with Crippen LogP contribution in [0.1, 0.15) is 24.0 Å². The molecule has 0 radical (unpaired) electrons. The zero-order valence-corrected chi connectivity index (χ0v) is 17.0. The molecule has 3 aromatic rings. The van der Waals surface area contributed by atoms with Crippen LogP contribution in [0.25, 0.3) is 10.9 Å². The number of nitrogens with zero attached hydrogens (tertiary/aromatic N) is 3. The number of carbonyl (C=O) groups excluding carboxylic acids is 2. The first-order chi connectivity index (χ1) is 15.2. The Morgan fingerprint density at radius 3 is 2.44 bits per heavy atom. The number of alkyl halides is 3. The van der Waals surface area contributed by atoms with Gasteiger partial charge >= 0.3 is 12.4 Å². The van der Waals surface area contributed by atoms with Crippen LogP contribution in [0.2, 0.25) is 0 Å². The van der Waals surface area contributed by atoms with E-state index in [2.05, 4.69) is 9.72 Å². The fraction of sp³-hybridized carbons (Fsp3) is 0.261. The number of hydrogen-bond acceptors (Lipinski definition) is 4. The highest BCUT2D eigenvalue weighted by Gasteiger charge is 2.65. The molecule has 6 nitrogen and oxygen atoms in total. The summed E-state index contributed by atoms with van der Waals surface area (Å²) < 4.78 is 41.1. The summed E-state index contributed by atoms with van der Waals surface area (Å²) in [5.74, 6) is -0.780. The summed E-state index contributed by atoms with van der Waals surface area (Å²) in [6, 6.07) is 11.9. The maximum absolute atomic E-state index is 13.3. The number of anilines is 1. The molecule has 2 fully saturated rings. The second-order valence-corrected chi connectivity index (χ2v) is 8.07. The fourth-order valence-corrected chi connectivity index (χ4v) is 4.19. The van der Waals surface area contributed by atoms with Crippen LogP contribution in [0.15, 0.2) is 54.7 Å². The predicted octanol–water partition coefficient (Wildman–Crippen LogP) is 4.94. The minimum absolute atomic E-state index is 0.207. The average Bonchev–Trinajstić information content (AvgIpc) is 3.50. The lowest BCUT2D eigenvalue weighted by molar-refractivity contribution is -0.274. The minimum atomic E-state index is -4.82. The topological polar surface area (TPSA) is 62.7 Å². The van der Waals surface area contributed by atoms with E-state index in [9.17, 15) is 22.8 Å². The molecular weight excluding hydrogens is 423 g/mol. The van der Waals surface area contributed by atoms with Gasteiger partial charge in [-0.2, -0.15) is 0 Å². The van der Waals surface area contributed by atoms with E-state index in [1.165, 1.54) is 12.1 Å². The van der Waals surface area contributed by atoms with Gasteiger partial charge in [-0.15, -0.1) is 13.2 Å². The first kappa shape index (κ1) is 20.3. The number of benzene rings is 2. The molecule has 0 atom stereocenters. The summed E-state index contributed by atoms with van der Waals surface area (Å²) in [6.07, 6.45) is -2.05. The molecular formula is C23H18F3N3O3. The first-order valence-corrected chi connectivity index (χ1v) is 10.0. The van der Waals surface area contributed by atoms with Gasteiger partial charge in [0.15, 0.2) is 0 Å². The van der Waals surface area contributed by atoms with Crippen LogP contribution in [0.3, 0.4) is 0 Å². The highest BCUT2D eigenvalue weighted by atomic mass is 19.4. The third-order valence-electron chi connectivity index (χ3n) is 5.91. The van der Waals surface area contributed by atoms with Gasteiger partial charge in [0.25, 0.3) is 5.91 Å². The van der Waals surface area contributed by atoms with Gasteiger partial charge in [-0.25, -0.2) is 9.69 Å². The Kier molecular flexibility index (Phi) is 4.40. The van der Waals surface area contributed by atoms with Gasteiger partial charge < -0.3 is 9.64 Å². The summed E-state index contributed by atoms with van der Waals surface area (Å²) in [4.78, 5) is 33.4. The number of aryl methyl sites for hydroxylation is 1. The number of amides is 3. The summed E-state index contributed by atoms with van der Waals surface area (Å²) in [5, 5.41) is 0.904. The Morgan fingerprint density at radius 2 is 1.78 bits per heavy atom. The predicted molar refractivity (Wildman–Crippen MR) is 110 cm³/mol. The van der Waals surface area contributed by atoms with Crippen LogP contribution in [-0.2, 0) is 11.3 Å².